The Bertz CT molecular complexity index is 1240. The molecule has 1 saturated heterocycles. The van der Waals surface area contributed by atoms with Crippen LogP contribution >= 0.6 is 23.6 Å². The Morgan fingerprint density at radius 2 is 1.61 bits per heavy atom. The smallest absolute Gasteiger partial charge is 0.174 e. The van der Waals surface area contributed by atoms with Crippen molar-refractivity contribution in [1.82, 2.24) is 10.3 Å². The summed E-state index contributed by atoms with van der Waals surface area (Å²) < 4.78 is 11.2. The van der Waals surface area contributed by atoms with Crippen molar-refractivity contribution in [1.29, 1.82) is 0 Å². The first kappa shape index (κ1) is 21.4. The second-order valence-electron chi connectivity index (χ2n) is 7.72. The summed E-state index contributed by atoms with van der Waals surface area (Å²) in [4.78, 5) is 9.30. The zero-order valence-electron chi connectivity index (χ0n) is 18.3. The van der Waals surface area contributed by atoms with E-state index in [0.717, 1.165) is 28.6 Å². The van der Waals surface area contributed by atoms with Crippen molar-refractivity contribution in [2.45, 2.75) is 19.0 Å². The summed E-state index contributed by atoms with van der Waals surface area (Å²) in [6.07, 6.45) is 1.82. The Morgan fingerprint density at radius 1 is 0.909 bits per heavy atom. The molecule has 2 aromatic heterocycles. The zero-order chi connectivity index (χ0) is 22.8. The number of nitrogens with zero attached hydrogens (tertiary/aromatic N) is 2. The Balaban J connectivity index is 1.44. The lowest BCUT2D eigenvalue weighted by atomic mass is 10.0. The average Bonchev–Trinajstić information content (AvgIpc) is 3.43. The number of hydrogen-bond donors (Lipinski definition) is 1. The van der Waals surface area contributed by atoms with Gasteiger partial charge in [-0.15, -0.1) is 11.3 Å². The van der Waals surface area contributed by atoms with Gasteiger partial charge in [0.1, 0.15) is 17.2 Å². The highest BCUT2D eigenvalue weighted by atomic mass is 32.1. The quantitative estimate of drug-likeness (QED) is 0.326. The maximum absolute atomic E-state index is 6.00. The fourth-order valence-corrected chi connectivity index (χ4v) is 5.34. The number of rotatable bonds is 6. The molecule has 5 rings (SSSR count). The van der Waals surface area contributed by atoms with Crippen LogP contribution in [0.1, 0.15) is 27.5 Å². The maximum Gasteiger partial charge on any atom is 0.174 e. The van der Waals surface area contributed by atoms with Crippen molar-refractivity contribution < 1.29 is 9.47 Å². The van der Waals surface area contributed by atoms with Gasteiger partial charge >= 0.3 is 0 Å². The molecule has 4 aromatic rings. The van der Waals surface area contributed by atoms with Crippen molar-refractivity contribution in [3.63, 3.8) is 0 Å². The molecular weight excluding hydrogens is 450 g/mol. The van der Waals surface area contributed by atoms with Crippen LogP contribution in [0.3, 0.4) is 0 Å². The van der Waals surface area contributed by atoms with Gasteiger partial charge in [0, 0.05) is 21.6 Å². The van der Waals surface area contributed by atoms with Crippen LogP contribution in [-0.2, 0) is 0 Å². The van der Waals surface area contributed by atoms with Gasteiger partial charge < -0.3 is 19.7 Å². The van der Waals surface area contributed by atoms with E-state index in [1.54, 1.807) is 18.4 Å². The number of thiophene rings is 1. The third-order valence-corrected chi connectivity index (χ3v) is 6.95. The van der Waals surface area contributed by atoms with E-state index in [9.17, 15) is 0 Å². The SMILES string of the molecule is COc1ccc(Oc2ccc(N3C(=S)NC(c4ccccn4)C3c3ccc(C)s3)cc2)cc1. The normalized spacial score (nSPS) is 17.6. The van der Waals surface area contributed by atoms with E-state index in [-0.39, 0.29) is 12.1 Å². The van der Waals surface area contributed by atoms with Crippen LogP contribution < -0.4 is 19.7 Å². The largest absolute Gasteiger partial charge is 0.497 e. The molecule has 0 spiro atoms. The van der Waals surface area contributed by atoms with Crippen LogP contribution in [-0.4, -0.2) is 17.2 Å². The van der Waals surface area contributed by atoms with E-state index in [0.29, 0.717) is 5.11 Å². The van der Waals surface area contributed by atoms with E-state index in [1.807, 2.05) is 72.9 Å². The van der Waals surface area contributed by atoms with Crippen molar-refractivity contribution in [3.8, 4) is 17.2 Å². The molecule has 2 unspecified atom stereocenters. The Morgan fingerprint density at radius 3 is 2.21 bits per heavy atom. The zero-order valence-corrected chi connectivity index (χ0v) is 19.9. The Hall–Kier alpha value is -3.42. The predicted octanol–water partition coefficient (Wildman–Crippen LogP) is 6.43. The van der Waals surface area contributed by atoms with E-state index in [2.05, 4.69) is 34.3 Å². The van der Waals surface area contributed by atoms with Crippen LogP contribution in [0, 0.1) is 6.92 Å². The van der Waals surface area contributed by atoms with E-state index in [1.165, 1.54) is 9.75 Å². The van der Waals surface area contributed by atoms with E-state index >= 15 is 0 Å². The molecule has 1 aliphatic rings. The molecule has 2 atom stereocenters. The predicted molar refractivity (Wildman–Crippen MR) is 136 cm³/mol. The molecule has 1 N–H and O–H groups in total. The molecular formula is C26H23N3O2S2. The van der Waals surface area contributed by atoms with Crippen LogP contribution in [0.5, 0.6) is 17.2 Å². The maximum atomic E-state index is 6.00. The first-order valence-corrected chi connectivity index (χ1v) is 11.8. The van der Waals surface area contributed by atoms with Gasteiger partial charge in [0.05, 0.1) is 24.9 Å². The fourth-order valence-electron chi connectivity index (χ4n) is 3.99. The molecule has 0 saturated carbocycles. The molecule has 0 amide bonds. The fraction of sp³-hybridized carbons (Fsp3) is 0.154. The van der Waals surface area contributed by atoms with Gasteiger partial charge in [0.2, 0.25) is 0 Å². The molecule has 2 aromatic carbocycles. The number of nitrogens with one attached hydrogen (secondary N) is 1. The average molecular weight is 474 g/mol. The highest BCUT2D eigenvalue weighted by Crippen LogP contribution is 2.44. The van der Waals surface area contributed by atoms with Crippen LogP contribution in [0.15, 0.2) is 85.1 Å². The van der Waals surface area contributed by atoms with Gasteiger partial charge in [-0.2, -0.15) is 0 Å². The van der Waals surface area contributed by atoms with Crippen molar-refractivity contribution in [2.24, 2.45) is 0 Å². The number of thiocarbonyl (C=S) groups is 1. The number of pyridine rings is 1. The van der Waals surface area contributed by atoms with Crippen LogP contribution in [0.2, 0.25) is 0 Å². The second-order valence-corrected chi connectivity index (χ2v) is 9.42. The molecule has 1 fully saturated rings. The molecule has 0 bridgehead atoms. The Kier molecular flexibility index (Phi) is 5.98. The monoisotopic (exact) mass is 473 g/mol. The summed E-state index contributed by atoms with van der Waals surface area (Å²) >= 11 is 7.58. The number of methoxy groups -OCH3 is 1. The highest BCUT2D eigenvalue weighted by molar-refractivity contribution is 7.80. The summed E-state index contributed by atoms with van der Waals surface area (Å²) in [6.45, 7) is 2.13. The lowest BCUT2D eigenvalue weighted by molar-refractivity contribution is 0.413. The first-order valence-electron chi connectivity index (χ1n) is 10.6. The number of anilines is 1. The molecule has 7 heteroatoms. The lowest BCUT2D eigenvalue weighted by Gasteiger charge is -2.27. The molecule has 0 aliphatic carbocycles. The van der Waals surface area contributed by atoms with Gasteiger partial charge in [-0.25, -0.2) is 0 Å². The van der Waals surface area contributed by atoms with Crippen molar-refractivity contribution >= 4 is 34.4 Å². The molecule has 5 nitrogen and oxygen atoms in total. The summed E-state index contributed by atoms with van der Waals surface area (Å²) in [5.74, 6) is 2.31. The van der Waals surface area contributed by atoms with Crippen LogP contribution in [0.25, 0.3) is 0 Å². The molecule has 33 heavy (non-hydrogen) atoms. The van der Waals surface area contributed by atoms with Crippen LogP contribution in [0.4, 0.5) is 5.69 Å². The summed E-state index contributed by atoms with van der Waals surface area (Å²) in [5, 5.41) is 4.19. The number of aryl methyl sites for hydroxylation is 1. The minimum absolute atomic E-state index is 0.0134. The third kappa shape index (κ3) is 4.42. The van der Waals surface area contributed by atoms with Gasteiger partial charge in [-0.05, 0) is 91.9 Å². The van der Waals surface area contributed by atoms with Crippen molar-refractivity contribution in [2.75, 3.05) is 12.0 Å². The molecule has 1 aliphatic heterocycles. The Labute approximate surface area is 202 Å². The minimum atomic E-state index is -0.0352. The molecule has 3 heterocycles. The van der Waals surface area contributed by atoms with Gasteiger partial charge in [-0.3, -0.25) is 4.98 Å². The number of aromatic nitrogens is 1. The van der Waals surface area contributed by atoms with Gasteiger partial charge in [-0.1, -0.05) is 6.07 Å². The van der Waals surface area contributed by atoms with Gasteiger partial charge in [0.15, 0.2) is 5.11 Å². The topological polar surface area (TPSA) is 46.6 Å². The standard InChI is InChI=1S/C26H23N3O2S2/c1-17-6-15-23(33-17)25-24(22-5-3-4-16-27-22)28-26(32)29(25)18-7-9-20(10-8-18)31-21-13-11-19(30-2)12-14-21/h3-16,24-25H,1-2H3,(H,28,32). The number of benzene rings is 2. The van der Waals surface area contributed by atoms with Gasteiger partial charge in [0.25, 0.3) is 0 Å². The second kappa shape index (κ2) is 9.21. The third-order valence-electron chi connectivity index (χ3n) is 5.56. The van der Waals surface area contributed by atoms with E-state index < -0.39 is 0 Å². The van der Waals surface area contributed by atoms with Crippen molar-refractivity contribution in [3.05, 3.63) is 101 Å². The lowest BCUT2D eigenvalue weighted by Crippen LogP contribution is -2.28. The minimum Gasteiger partial charge on any atom is -0.497 e. The summed E-state index contributed by atoms with van der Waals surface area (Å²) in [6, 6.07) is 25.9. The van der Waals surface area contributed by atoms with E-state index in [4.69, 9.17) is 21.7 Å². The number of ether oxygens (including phenoxy) is 2. The number of hydrogen-bond acceptors (Lipinski definition) is 5. The summed E-state index contributed by atoms with van der Waals surface area (Å²) in [5.41, 5.74) is 1.97. The molecule has 0 radical (unpaired) electrons. The highest BCUT2D eigenvalue weighted by Gasteiger charge is 2.41. The summed E-state index contributed by atoms with van der Waals surface area (Å²) in [7, 11) is 1.65. The first-order chi connectivity index (χ1) is 16.1. The molecule has 166 valence electrons.